The summed E-state index contributed by atoms with van der Waals surface area (Å²) < 4.78 is 14.9. The van der Waals surface area contributed by atoms with Gasteiger partial charge in [0.2, 0.25) is 0 Å². The Balaban J connectivity index is 1.56. The standard InChI is InChI=1S/C26H19ClFN9O2/c1-14-8-15(12-29)9-18(25(38)30-2)23(14)32-26(39)22-11-17(33-37(22)24-19(27)4-3-7-31-24)13-36-34-20-6-5-16(28)10-21(20)35-36/h3-11H,13H2,1-2H3,(H,30,38)(H,32,39). The van der Waals surface area contributed by atoms with Gasteiger partial charge in [0, 0.05) is 19.3 Å². The van der Waals surface area contributed by atoms with E-state index in [-0.39, 0.29) is 39.9 Å². The SMILES string of the molecule is CNC(=O)c1cc(C#N)cc(C)c1NC(=O)c1cc(Cn2nc3ccc(F)cc3n2)nn1-c1ncccc1Cl. The fourth-order valence-electron chi connectivity index (χ4n) is 4.02. The van der Waals surface area contributed by atoms with Gasteiger partial charge in [-0.1, -0.05) is 11.6 Å². The van der Waals surface area contributed by atoms with E-state index >= 15 is 0 Å². The molecule has 5 rings (SSSR count). The maximum Gasteiger partial charge on any atom is 0.274 e. The molecule has 0 fully saturated rings. The molecule has 0 unspecified atom stereocenters. The van der Waals surface area contributed by atoms with Crippen LogP contribution in [0, 0.1) is 24.1 Å². The van der Waals surface area contributed by atoms with Gasteiger partial charge in [0.05, 0.1) is 33.6 Å². The number of nitrogens with one attached hydrogen (secondary N) is 2. The van der Waals surface area contributed by atoms with Crippen LogP contribution < -0.4 is 10.6 Å². The van der Waals surface area contributed by atoms with Gasteiger partial charge in [0.15, 0.2) is 5.82 Å². The zero-order valence-corrected chi connectivity index (χ0v) is 21.4. The Labute approximate surface area is 225 Å². The summed E-state index contributed by atoms with van der Waals surface area (Å²) in [4.78, 5) is 31.8. The van der Waals surface area contributed by atoms with Crippen molar-refractivity contribution in [3.8, 4) is 11.9 Å². The zero-order chi connectivity index (χ0) is 27.7. The minimum Gasteiger partial charge on any atom is -0.355 e. The van der Waals surface area contributed by atoms with Crippen molar-refractivity contribution in [1.82, 2.24) is 35.1 Å². The highest BCUT2D eigenvalue weighted by Gasteiger charge is 2.23. The second-order valence-electron chi connectivity index (χ2n) is 8.47. The number of aromatic nitrogens is 6. The summed E-state index contributed by atoms with van der Waals surface area (Å²) in [5.74, 6) is -1.30. The van der Waals surface area contributed by atoms with E-state index in [4.69, 9.17) is 11.6 Å². The van der Waals surface area contributed by atoms with Crippen molar-refractivity contribution >= 4 is 40.1 Å². The van der Waals surface area contributed by atoms with Gasteiger partial charge in [0.1, 0.15) is 29.1 Å². The average molecular weight is 544 g/mol. The Morgan fingerprint density at radius 2 is 1.87 bits per heavy atom. The lowest BCUT2D eigenvalue weighted by atomic mass is 10.0. The van der Waals surface area contributed by atoms with Crippen LogP contribution in [0.2, 0.25) is 5.02 Å². The van der Waals surface area contributed by atoms with Gasteiger partial charge in [0.25, 0.3) is 11.8 Å². The topological polar surface area (TPSA) is 143 Å². The summed E-state index contributed by atoms with van der Waals surface area (Å²) >= 11 is 6.37. The largest absolute Gasteiger partial charge is 0.355 e. The first kappa shape index (κ1) is 25.5. The lowest BCUT2D eigenvalue weighted by Crippen LogP contribution is -2.24. The van der Waals surface area contributed by atoms with E-state index in [1.807, 2.05) is 6.07 Å². The first-order valence-electron chi connectivity index (χ1n) is 11.6. The second kappa shape index (κ2) is 10.3. The number of nitriles is 1. The van der Waals surface area contributed by atoms with Crippen LogP contribution in [0.25, 0.3) is 16.9 Å². The van der Waals surface area contributed by atoms with E-state index in [1.54, 1.807) is 25.1 Å². The fourth-order valence-corrected chi connectivity index (χ4v) is 4.22. The number of hydrogen-bond donors (Lipinski definition) is 2. The molecule has 13 heteroatoms. The number of amides is 2. The molecule has 5 aromatic rings. The van der Waals surface area contributed by atoms with Gasteiger partial charge < -0.3 is 10.6 Å². The predicted molar refractivity (Wildman–Crippen MR) is 140 cm³/mol. The van der Waals surface area contributed by atoms with E-state index in [0.29, 0.717) is 22.3 Å². The molecule has 0 saturated carbocycles. The molecule has 11 nitrogen and oxygen atoms in total. The molecule has 0 spiro atoms. The van der Waals surface area contributed by atoms with Crippen molar-refractivity contribution in [2.45, 2.75) is 13.5 Å². The van der Waals surface area contributed by atoms with Gasteiger partial charge in [-0.05, 0) is 55.0 Å². The third-order valence-electron chi connectivity index (χ3n) is 5.79. The highest BCUT2D eigenvalue weighted by Crippen LogP contribution is 2.25. The summed E-state index contributed by atoms with van der Waals surface area (Å²) in [6.45, 7) is 1.74. The monoisotopic (exact) mass is 543 g/mol. The molecule has 2 amide bonds. The number of fused-ring (bicyclic) bond motifs is 1. The number of aryl methyl sites for hydroxylation is 1. The van der Waals surface area contributed by atoms with E-state index in [1.165, 1.54) is 53.1 Å². The van der Waals surface area contributed by atoms with Crippen LogP contribution in [0.3, 0.4) is 0 Å². The van der Waals surface area contributed by atoms with Crippen molar-refractivity contribution in [2.24, 2.45) is 0 Å². The number of rotatable bonds is 6. The molecular weight excluding hydrogens is 525 g/mol. The van der Waals surface area contributed by atoms with Crippen LogP contribution in [0.1, 0.15) is 37.7 Å². The molecule has 0 radical (unpaired) electrons. The second-order valence-corrected chi connectivity index (χ2v) is 8.87. The first-order valence-corrected chi connectivity index (χ1v) is 11.9. The van der Waals surface area contributed by atoms with Gasteiger partial charge in [-0.15, -0.1) is 0 Å². The maximum atomic E-state index is 13.6. The third kappa shape index (κ3) is 5.03. The van der Waals surface area contributed by atoms with Crippen LogP contribution in [-0.4, -0.2) is 48.6 Å². The molecule has 3 aromatic heterocycles. The molecule has 0 aliphatic carbocycles. The molecule has 0 bridgehead atoms. The average Bonchev–Trinajstić information content (AvgIpc) is 3.52. The first-order chi connectivity index (χ1) is 18.8. The van der Waals surface area contributed by atoms with E-state index in [2.05, 4.69) is 30.9 Å². The van der Waals surface area contributed by atoms with Gasteiger partial charge in [-0.25, -0.2) is 14.1 Å². The molecule has 3 heterocycles. The number of pyridine rings is 1. The van der Waals surface area contributed by atoms with Crippen molar-refractivity contribution in [3.63, 3.8) is 0 Å². The van der Waals surface area contributed by atoms with E-state index in [9.17, 15) is 19.2 Å². The van der Waals surface area contributed by atoms with Crippen molar-refractivity contribution in [2.75, 3.05) is 12.4 Å². The lowest BCUT2D eigenvalue weighted by Gasteiger charge is -2.14. The number of benzene rings is 2. The highest BCUT2D eigenvalue weighted by molar-refractivity contribution is 6.32. The smallest absolute Gasteiger partial charge is 0.274 e. The Hall–Kier alpha value is -5.15. The lowest BCUT2D eigenvalue weighted by molar-refractivity contribution is 0.0964. The molecule has 2 N–H and O–H groups in total. The molecule has 0 atom stereocenters. The van der Waals surface area contributed by atoms with Gasteiger partial charge in [-0.3, -0.25) is 9.59 Å². The van der Waals surface area contributed by atoms with Crippen LogP contribution >= 0.6 is 11.6 Å². The number of carbonyl (C=O) groups is 2. The van der Waals surface area contributed by atoms with E-state index in [0.717, 1.165) is 0 Å². The Bertz CT molecular complexity index is 1810. The summed E-state index contributed by atoms with van der Waals surface area (Å²) in [6, 6.07) is 13.8. The van der Waals surface area contributed by atoms with Crippen LogP contribution in [0.4, 0.5) is 10.1 Å². The number of hydrogen-bond acceptors (Lipinski definition) is 7. The van der Waals surface area contributed by atoms with Crippen LogP contribution in [0.5, 0.6) is 0 Å². The molecule has 0 aliphatic heterocycles. The summed E-state index contributed by atoms with van der Waals surface area (Å²) in [6.07, 6.45) is 1.51. The Kier molecular flexibility index (Phi) is 6.74. The predicted octanol–water partition coefficient (Wildman–Crippen LogP) is 3.64. The third-order valence-corrected chi connectivity index (χ3v) is 6.09. The summed E-state index contributed by atoms with van der Waals surface area (Å²) in [5.41, 5.74) is 2.49. The highest BCUT2D eigenvalue weighted by atomic mass is 35.5. The number of anilines is 1. The van der Waals surface area contributed by atoms with Crippen molar-refractivity contribution in [3.05, 3.63) is 93.6 Å². The molecule has 2 aromatic carbocycles. The molecule has 0 aliphatic rings. The quantitative estimate of drug-likeness (QED) is 0.333. The number of carbonyl (C=O) groups excluding carboxylic acids is 2. The number of nitrogens with zero attached hydrogens (tertiary/aromatic N) is 7. The zero-order valence-electron chi connectivity index (χ0n) is 20.6. The minimum atomic E-state index is -0.603. The molecular formula is C26H19ClFN9O2. The van der Waals surface area contributed by atoms with Gasteiger partial charge in [-0.2, -0.15) is 25.4 Å². The van der Waals surface area contributed by atoms with Crippen molar-refractivity contribution in [1.29, 1.82) is 5.26 Å². The minimum absolute atomic E-state index is 0.0629. The van der Waals surface area contributed by atoms with Gasteiger partial charge >= 0.3 is 0 Å². The molecule has 194 valence electrons. The number of halogens is 2. The van der Waals surface area contributed by atoms with Crippen molar-refractivity contribution < 1.29 is 14.0 Å². The normalized spacial score (nSPS) is 10.8. The van der Waals surface area contributed by atoms with Crippen LogP contribution in [0.15, 0.2) is 54.7 Å². The van der Waals surface area contributed by atoms with Crippen LogP contribution in [-0.2, 0) is 6.54 Å². The van der Waals surface area contributed by atoms with E-state index < -0.39 is 17.6 Å². The summed E-state index contributed by atoms with van der Waals surface area (Å²) in [5, 5.41) is 28.0. The Morgan fingerprint density at radius 3 is 2.62 bits per heavy atom. The Morgan fingerprint density at radius 1 is 1.08 bits per heavy atom. The fraction of sp³-hybridized carbons (Fsp3) is 0.115. The molecule has 39 heavy (non-hydrogen) atoms. The summed E-state index contributed by atoms with van der Waals surface area (Å²) in [7, 11) is 1.45. The molecule has 0 saturated heterocycles. The maximum absolute atomic E-state index is 13.6.